The Morgan fingerprint density at radius 1 is 1.12 bits per heavy atom. The molecular formula is C20H23NO2S2. The molecule has 0 fully saturated rings. The predicted molar refractivity (Wildman–Crippen MR) is 111 cm³/mol. The highest BCUT2D eigenvalue weighted by molar-refractivity contribution is 7.91. The summed E-state index contributed by atoms with van der Waals surface area (Å²) in [6, 6.07) is 12.5. The monoisotopic (exact) mass is 373 g/mol. The zero-order valence-electron chi connectivity index (χ0n) is 15.3. The zero-order valence-corrected chi connectivity index (χ0v) is 16.9. The Balaban J connectivity index is 2.07. The number of hydrogen-bond donors (Lipinski definition) is 0. The summed E-state index contributed by atoms with van der Waals surface area (Å²) in [7, 11) is 0. The van der Waals surface area contributed by atoms with Gasteiger partial charge in [-0.2, -0.15) is 0 Å². The largest absolute Gasteiger partial charge is 0.591 e. The van der Waals surface area contributed by atoms with Gasteiger partial charge in [0.2, 0.25) is 0 Å². The van der Waals surface area contributed by atoms with Crippen LogP contribution in [0.15, 0.2) is 40.8 Å². The van der Waals surface area contributed by atoms with Crippen molar-refractivity contribution in [3.63, 3.8) is 0 Å². The lowest BCUT2D eigenvalue weighted by molar-refractivity contribution is 0.341. The summed E-state index contributed by atoms with van der Waals surface area (Å²) in [5.41, 5.74) is 1.81. The Kier molecular flexibility index (Phi) is 5.09. The standard InChI is InChI=1S/C20H23NO2S2/c1-6-23-15-8-10-19-17(12-15)16-11-14(7-9-18(16)24-19)13(2)21-25(22)20(3,4)5/h7-12H,6H2,1-5H3. The number of benzene rings is 2. The first-order valence-corrected chi connectivity index (χ1v) is 10.3. The van der Waals surface area contributed by atoms with E-state index in [4.69, 9.17) is 4.74 Å². The molecule has 1 unspecified atom stereocenters. The van der Waals surface area contributed by atoms with Crippen LogP contribution in [0.3, 0.4) is 0 Å². The Bertz CT molecular complexity index is 938. The summed E-state index contributed by atoms with van der Waals surface area (Å²) in [5.74, 6) is 0.888. The van der Waals surface area contributed by atoms with Gasteiger partial charge in [-0.15, -0.1) is 11.3 Å². The van der Waals surface area contributed by atoms with E-state index in [1.54, 1.807) is 11.3 Å². The van der Waals surface area contributed by atoms with Crippen molar-refractivity contribution < 1.29 is 9.29 Å². The SMILES string of the molecule is CCOc1ccc2sc3ccc(C(C)=N[S+]([O-])C(C)(C)C)cc3c2c1. The van der Waals surface area contributed by atoms with E-state index in [0.29, 0.717) is 6.61 Å². The fraction of sp³-hybridized carbons (Fsp3) is 0.350. The Morgan fingerprint density at radius 3 is 2.40 bits per heavy atom. The van der Waals surface area contributed by atoms with Crippen molar-refractivity contribution in [3.05, 3.63) is 42.0 Å². The Labute approximate surface area is 156 Å². The molecule has 2 aromatic carbocycles. The molecule has 0 radical (unpaired) electrons. The van der Waals surface area contributed by atoms with E-state index in [-0.39, 0.29) is 4.75 Å². The van der Waals surface area contributed by atoms with Crippen molar-refractivity contribution in [3.8, 4) is 5.75 Å². The molecule has 3 rings (SSSR count). The highest BCUT2D eigenvalue weighted by atomic mass is 32.2. The van der Waals surface area contributed by atoms with Crippen molar-refractivity contribution in [2.45, 2.75) is 39.4 Å². The fourth-order valence-electron chi connectivity index (χ4n) is 2.55. The first kappa shape index (κ1) is 18.2. The molecular weight excluding hydrogens is 350 g/mol. The summed E-state index contributed by atoms with van der Waals surface area (Å²) >= 11 is 0.517. The minimum Gasteiger partial charge on any atom is -0.591 e. The van der Waals surface area contributed by atoms with Crippen molar-refractivity contribution in [1.29, 1.82) is 0 Å². The average molecular weight is 374 g/mol. The molecule has 25 heavy (non-hydrogen) atoms. The van der Waals surface area contributed by atoms with E-state index in [0.717, 1.165) is 17.0 Å². The van der Waals surface area contributed by atoms with Crippen molar-refractivity contribution in [2.75, 3.05) is 6.61 Å². The van der Waals surface area contributed by atoms with Crippen LogP contribution in [0, 0.1) is 0 Å². The van der Waals surface area contributed by atoms with Crippen LogP contribution in [-0.2, 0) is 11.4 Å². The maximum Gasteiger partial charge on any atom is 0.144 e. The summed E-state index contributed by atoms with van der Waals surface area (Å²) in [4.78, 5) is 0. The molecule has 0 saturated heterocycles. The number of thiophene rings is 1. The first-order valence-electron chi connectivity index (χ1n) is 8.36. The van der Waals surface area contributed by atoms with Crippen LogP contribution >= 0.6 is 11.3 Å². The van der Waals surface area contributed by atoms with Crippen LogP contribution in [0.5, 0.6) is 5.75 Å². The van der Waals surface area contributed by atoms with Gasteiger partial charge in [-0.1, -0.05) is 10.5 Å². The summed E-state index contributed by atoms with van der Waals surface area (Å²) in [6.07, 6.45) is 0. The van der Waals surface area contributed by atoms with Crippen LogP contribution in [-0.4, -0.2) is 21.6 Å². The lowest BCUT2D eigenvalue weighted by Crippen LogP contribution is -2.26. The quantitative estimate of drug-likeness (QED) is 0.433. The molecule has 3 aromatic rings. The molecule has 0 bridgehead atoms. The lowest BCUT2D eigenvalue weighted by atomic mass is 10.1. The molecule has 0 aliphatic carbocycles. The lowest BCUT2D eigenvalue weighted by Gasteiger charge is -2.18. The molecule has 0 saturated carbocycles. The number of ether oxygens (including phenoxy) is 1. The smallest absolute Gasteiger partial charge is 0.144 e. The van der Waals surface area contributed by atoms with Crippen molar-refractivity contribution >= 4 is 48.6 Å². The van der Waals surface area contributed by atoms with E-state index < -0.39 is 11.4 Å². The van der Waals surface area contributed by atoms with Crippen LogP contribution in [0.4, 0.5) is 0 Å². The van der Waals surface area contributed by atoms with E-state index in [1.807, 2.05) is 40.7 Å². The van der Waals surface area contributed by atoms with Crippen LogP contribution in [0.25, 0.3) is 20.2 Å². The molecule has 132 valence electrons. The van der Waals surface area contributed by atoms with E-state index in [2.05, 4.69) is 34.7 Å². The third-order valence-corrected chi connectivity index (χ3v) is 6.55. The average Bonchev–Trinajstić information content (AvgIpc) is 2.91. The van der Waals surface area contributed by atoms with E-state index >= 15 is 0 Å². The highest BCUT2D eigenvalue weighted by Gasteiger charge is 2.26. The molecule has 0 amide bonds. The topological polar surface area (TPSA) is 44.6 Å². The molecule has 0 aliphatic heterocycles. The molecule has 0 spiro atoms. The molecule has 3 nitrogen and oxygen atoms in total. The number of fused-ring (bicyclic) bond motifs is 3. The van der Waals surface area contributed by atoms with Gasteiger partial charge in [0.25, 0.3) is 0 Å². The second kappa shape index (κ2) is 6.98. The predicted octanol–water partition coefficient (Wildman–Crippen LogP) is 5.72. The molecule has 0 aliphatic rings. The zero-order chi connectivity index (χ0) is 18.2. The van der Waals surface area contributed by atoms with Gasteiger partial charge in [0.05, 0.1) is 12.3 Å². The maximum atomic E-state index is 12.3. The van der Waals surface area contributed by atoms with Gasteiger partial charge < -0.3 is 9.29 Å². The molecule has 0 N–H and O–H groups in total. The molecule has 1 heterocycles. The number of nitrogens with zero attached hydrogens (tertiary/aromatic N) is 1. The normalized spacial score (nSPS) is 14.2. The van der Waals surface area contributed by atoms with Gasteiger partial charge in [0, 0.05) is 25.7 Å². The van der Waals surface area contributed by atoms with Crippen LogP contribution < -0.4 is 4.74 Å². The van der Waals surface area contributed by atoms with Gasteiger partial charge in [0.1, 0.15) is 21.9 Å². The molecule has 5 heteroatoms. The first-order chi connectivity index (χ1) is 11.8. The summed E-state index contributed by atoms with van der Waals surface area (Å²) < 4.78 is 24.5. The summed E-state index contributed by atoms with van der Waals surface area (Å²) in [6.45, 7) is 10.4. The maximum absolute atomic E-state index is 12.3. The Hall–Kier alpha value is -1.56. The van der Waals surface area contributed by atoms with Crippen molar-refractivity contribution in [1.82, 2.24) is 0 Å². The molecule has 1 atom stereocenters. The van der Waals surface area contributed by atoms with Crippen LogP contribution in [0.1, 0.15) is 40.2 Å². The third kappa shape index (κ3) is 3.84. The molecule has 1 aromatic heterocycles. The van der Waals surface area contributed by atoms with Gasteiger partial charge in [0.15, 0.2) is 0 Å². The van der Waals surface area contributed by atoms with Gasteiger partial charge in [-0.25, -0.2) is 0 Å². The van der Waals surface area contributed by atoms with Crippen LogP contribution in [0.2, 0.25) is 0 Å². The van der Waals surface area contributed by atoms with Gasteiger partial charge in [-0.05, 0) is 65.0 Å². The minimum atomic E-state index is -1.25. The minimum absolute atomic E-state index is 0.354. The third-order valence-electron chi connectivity index (χ3n) is 3.91. The summed E-state index contributed by atoms with van der Waals surface area (Å²) in [5, 5.41) is 2.38. The van der Waals surface area contributed by atoms with Crippen molar-refractivity contribution in [2.24, 2.45) is 4.40 Å². The van der Waals surface area contributed by atoms with E-state index in [9.17, 15) is 4.55 Å². The second-order valence-electron chi connectivity index (χ2n) is 6.94. The highest BCUT2D eigenvalue weighted by Crippen LogP contribution is 2.36. The second-order valence-corrected chi connectivity index (χ2v) is 9.93. The number of rotatable bonds is 4. The van der Waals surface area contributed by atoms with E-state index in [1.165, 1.54) is 20.2 Å². The number of hydrogen-bond acceptors (Lipinski definition) is 4. The fourth-order valence-corrected chi connectivity index (χ4v) is 4.25. The Morgan fingerprint density at radius 2 is 1.76 bits per heavy atom. The van der Waals surface area contributed by atoms with Gasteiger partial charge >= 0.3 is 0 Å². The van der Waals surface area contributed by atoms with Gasteiger partial charge in [-0.3, -0.25) is 0 Å².